The molecule has 2 aliphatic rings. The summed E-state index contributed by atoms with van der Waals surface area (Å²) in [7, 11) is -3.49. The number of hydrogen-bond donors (Lipinski definition) is 1. The zero-order chi connectivity index (χ0) is 23.4. The third kappa shape index (κ3) is 3.67. The van der Waals surface area contributed by atoms with Crippen LogP contribution in [0.4, 0.5) is 5.82 Å². The summed E-state index contributed by atoms with van der Waals surface area (Å²) in [6, 6.07) is 9.77. The fourth-order valence-electron chi connectivity index (χ4n) is 4.26. The van der Waals surface area contributed by atoms with Gasteiger partial charge in [-0.05, 0) is 32.4 Å². The molecule has 4 heterocycles. The number of anilines is 1. The van der Waals surface area contributed by atoms with Crippen molar-refractivity contribution in [1.82, 2.24) is 20.2 Å². The van der Waals surface area contributed by atoms with Gasteiger partial charge >= 0.3 is 0 Å². The Bertz CT molecular complexity index is 1270. The first-order chi connectivity index (χ1) is 15.7. The first kappa shape index (κ1) is 21.8. The molecule has 33 heavy (non-hydrogen) atoms. The topological polar surface area (TPSA) is 110 Å². The lowest BCUT2D eigenvalue weighted by Crippen LogP contribution is -2.56. The Kier molecular flexibility index (Phi) is 5.17. The predicted octanol–water partition coefficient (Wildman–Crippen LogP) is 2.80. The highest BCUT2D eigenvalue weighted by Gasteiger charge is 2.43. The number of ether oxygens (including phenoxy) is 2. The van der Waals surface area contributed by atoms with Gasteiger partial charge in [0.25, 0.3) is 0 Å². The number of aromatic amines is 1. The maximum absolute atomic E-state index is 12.8. The van der Waals surface area contributed by atoms with Crippen molar-refractivity contribution >= 4 is 15.7 Å². The number of fused-ring (bicyclic) bond motifs is 3. The second kappa shape index (κ2) is 7.81. The molecule has 2 aliphatic heterocycles. The second-order valence-electron chi connectivity index (χ2n) is 9.14. The highest BCUT2D eigenvalue weighted by Crippen LogP contribution is 2.44. The van der Waals surface area contributed by atoms with Crippen LogP contribution < -0.4 is 9.64 Å². The third-order valence-corrected chi connectivity index (χ3v) is 8.55. The molecule has 5 rings (SSSR count). The Balaban J connectivity index is 1.68. The van der Waals surface area contributed by atoms with Crippen molar-refractivity contribution < 1.29 is 17.9 Å². The molecule has 9 nitrogen and oxygen atoms in total. The zero-order valence-electron chi connectivity index (χ0n) is 19.1. The van der Waals surface area contributed by atoms with Crippen LogP contribution in [-0.2, 0) is 19.3 Å². The molecular weight excluding hydrogens is 442 g/mol. The molecule has 0 saturated carbocycles. The number of rotatable bonds is 4. The zero-order valence-corrected chi connectivity index (χ0v) is 19.9. The van der Waals surface area contributed by atoms with E-state index in [1.807, 2.05) is 30.3 Å². The molecule has 10 heteroatoms. The summed E-state index contributed by atoms with van der Waals surface area (Å²) in [6.07, 6.45) is 2.93. The number of aromatic nitrogens is 4. The van der Waals surface area contributed by atoms with Gasteiger partial charge in [0, 0.05) is 18.0 Å². The van der Waals surface area contributed by atoms with E-state index in [1.54, 1.807) is 20.0 Å². The number of nitrogens with one attached hydrogen (secondary N) is 1. The smallest absolute Gasteiger partial charge is 0.185 e. The first-order valence-electron chi connectivity index (χ1n) is 10.9. The van der Waals surface area contributed by atoms with Gasteiger partial charge in [-0.1, -0.05) is 24.3 Å². The predicted molar refractivity (Wildman–Crippen MR) is 125 cm³/mol. The number of H-pyrrole nitrogens is 1. The molecule has 0 radical (unpaired) electrons. The average Bonchev–Trinajstić information content (AvgIpc) is 3.32. The molecule has 0 aliphatic carbocycles. The number of morpholine rings is 1. The lowest BCUT2D eigenvalue weighted by atomic mass is 10.0. The molecule has 1 saturated heterocycles. The Morgan fingerprint density at radius 3 is 2.45 bits per heavy atom. The van der Waals surface area contributed by atoms with Crippen molar-refractivity contribution in [3.63, 3.8) is 0 Å². The fourth-order valence-corrected chi connectivity index (χ4v) is 4.75. The van der Waals surface area contributed by atoms with Crippen LogP contribution in [0.25, 0.3) is 22.6 Å². The van der Waals surface area contributed by atoms with Gasteiger partial charge in [0.1, 0.15) is 17.0 Å². The molecular formula is C23H27N5O4S. The van der Waals surface area contributed by atoms with Crippen molar-refractivity contribution in [3.8, 4) is 28.4 Å². The molecule has 1 unspecified atom stereocenters. The number of hydrogen-bond acceptors (Lipinski definition) is 8. The SMILES string of the molecule is C[C@@H]1COCC2COc3c(nc(-c4ccc(-c5ccn[nH]5)cc4)nc3C(C)(C)S(C)(=O)=O)N21. The van der Waals surface area contributed by atoms with Crippen molar-refractivity contribution in [1.29, 1.82) is 0 Å². The van der Waals surface area contributed by atoms with E-state index < -0.39 is 14.6 Å². The average molecular weight is 470 g/mol. The Morgan fingerprint density at radius 1 is 1.06 bits per heavy atom. The van der Waals surface area contributed by atoms with Crippen molar-refractivity contribution in [2.45, 2.75) is 37.6 Å². The summed E-state index contributed by atoms with van der Waals surface area (Å²) < 4.78 is 36.0. The Labute approximate surface area is 193 Å². The summed E-state index contributed by atoms with van der Waals surface area (Å²) >= 11 is 0. The van der Waals surface area contributed by atoms with Crippen molar-refractivity contribution in [2.75, 3.05) is 31.0 Å². The maximum Gasteiger partial charge on any atom is 0.185 e. The highest BCUT2D eigenvalue weighted by molar-refractivity contribution is 7.91. The number of nitrogens with zero attached hydrogens (tertiary/aromatic N) is 4. The normalized spacial score (nSPS) is 20.7. The van der Waals surface area contributed by atoms with Crippen LogP contribution in [0.3, 0.4) is 0 Å². The van der Waals surface area contributed by atoms with E-state index in [1.165, 1.54) is 6.26 Å². The van der Waals surface area contributed by atoms with Gasteiger partial charge in [0.2, 0.25) is 0 Å². The van der Waals surface area contributed by atoms with Crippen molar-refractivity contribution in [3.05, 3.63) is 42.2 Å². The summed E-state index contributed by atoms with van der Waals surface area (Å²) in [5.74, 6) is 1.52. The summed E-state index contributed by atoms with van der Waals surface area (Å²) in [5, 5.41) is 6.95. The van der Waals surface area contributed by atoms with Gasteiger partial charge < -0.3 is 14.4 Å². The third-order valence-electron chi connectivity index (χ3n) is 6.50. The molecule has 2 atom stereocenters. The van der Waals surface area contributed by atoms with E-state index in [0.29, 0.717) is 42.9 Å². The largest absolute Gasteiger partial charge is 0.486 e. The lowest BCUT2D eigenvalue weighted by molar-refractivity contribution is 0.0482. The molecule has 3 aromatic rings. The van der Waals surface area contributed by atoms with Crippen LogP contribution in [-0.4, -0.2) is 66.7 Å². The monoisotopic (exact) mass is 469 g/mol. The first-order valence-corrected chi connectivity index (χ1v) is 12.8. The van der Waals surface area contributed by atoms with Gasteiger partial charge in [-0.3, -0.25) is 5.10 Å². The van der Waals surface area contributed by atoms with E-state index in [9.17, 15) is 8.42 Å². The second-order valence-corrected chi connectivity index (χ2v) is 11.7. The van der Waals surface area contributed by atoms with Crippen LogP contribution in [0.15, 0.2) is 36.5 Å². The number of benzene rings is 1. The van der Waals surface area contributed by atoms with Crippen LogP contribution in [0.5, 0.6) is 5.75 Å². The van der Waals surface area contributed by atoms with Crippen LogP contribution in [0, 0.1) is 0 Å². The van der Waals surface area contributed by atoms with Crippen LogP contribution in [0.2, 0.25) is 0 Å². The highest BCUT2D eigenvalue weighted by atomic mass is 32.2. The van der Waals surface area contributed by atoms with Gasteiger partial charge in [-0.15, -0.1) is 0 Å². The molecule has 2 aromatic heterocycles. The van der Waals surface area contributed by atoms with E-state index in [0.717, 1.165) is 16.8 Å². The lowest BCUT2D eigenvalue weighted by Gasteiger charge is -2.45. The van der Waals surface area contributed by atoms with Crippen LogP contribution in [0.1, 0.15) is 26.5 Å². The molecule has 1 N–H and O–H groups in total. The summed E-state index contributed by atoms with van der Waals surface area (Å²) in [6.45, 7) is 6.89. The minimum Gasteiger partial charge on any atom is -0.486 e. The summed E-state index contributed by atoms with van der Waals surface area (Å²) in [5.41, 5.74) is 3.05. The maximum atomic E-state index is 12.8. The van der Waals surface area contributed by atoms with E-state index in [-0.39, 0.29) is 12.1 Å². The minimum absolute atomic E-state index is 0.0148. The molecule has 174 valence electrons. The number of sulfone groups is 1. The molecule has 1 aromatic carbocycles. The van der Waals surface area contributed by atoms with Gasteiger partial charge in [0.15, 0.2) is 27.2 Å². The standard InChI is InChI=1S/C23H27N5O4S/c1-14-11-31-12-17-13-32-19-20(23(2,3)33(4,29)30)25-21(26-22(19)28(14)17)16-7-5-15(6-8-16)18-9-10-24-27-18/h5-10,14,17H,11-13H2,1-4H3,(H,24,27)/t14-,17?/m1/s1. The molecule has 0 amide bonds. The fraction of sp³-hybridized carbons (Fsp3) is 0.435. The van der Waals surface area contributed by atoms with Gasteiger partial charge in [-0.25, -0.2) is 18.4 Å². The Morgan fingerprint density at radius 2 is 1.79 bits per heavy atom. The molecule has 1 fully saturated rings. The quantitative estimate of drug-likeness (QED) is 0.621. The molecule has 0 spiro atoms. The van der Waals surface area contributed by atoms with Gasteiger partial charge in [-0.2, -0.15) is 5.10 Å². The summed E-state index contributed by atoms with van der Waals surface area (Å²) in [4.78, 5) is 11.8. The van der Waals surface area contributed by atoms with E-state index in [4.69, 9.17) is 19.4 Å². The van der Waals surface area contributed by atoms with E-state index in [2.05, 4.69) is 22.0 Å². The minimum atomic E-state index is -3.49. The van der Waals surface area contributed by atoms with Crippen LogP contribution >= 0.6 is 0 Å². The molecule has 0 bridgehead atoms. The van der Waals surface area contributed by atoms with E-state index >= 15 is 0 Å². The Hall–Kier alpha value is -2.98. The van der Waals surface area contributed by atoms with Gasteiger partial charge in [0.05, 0.1) is 31.0 Å². The van der Waals surface area contributed by atoms with Crippen molar-refractivity contribution in [2.24, 2.45) is 0 Å².